The summed E-state index contributed by atoms with van der Waals surface area (Å²) in [7, 11) is 0. The van der Waals surface area contributed by atoms with Crippen molar-refractivity contribution in [2.75, 3.05) is 19.7 Å². The Morgan fingerprint density at radius 1 is 1.59 bits per heavy atom. The average molecular weight is 351 g/mol. The molecule has 1 heterocycles. The van der Waals surface area contributed by atoms with Gasteiger partial charge in [-0.05, 0) is 24.1 Å². The van der Waals surface area contributed by atoms with Crippen molar-refractivity contribution < 1.29 is 13.9 Å². The lowest BCUT2D eigenvalue weighted by Crippen LogP contribution is -2.49. The van der Waals surface area contributed by atoms with Crippen LogP contribution in [-0.4, -0.2) is 36.5 Å². The van der Waals surface area contributed by atoms with Crippen molar-refractivity contribution in [2.24, 2.45) is 5.73 Å². The van der Waals surface area contributed by atoms with Gasteiger partial charge < -0.3 is 15.4 Å². The molecular formula is C15H21Cl2FN2O2. The van der Waals surface area contributed by atoms with Crippen LogP contribution in [0.4, 0.5) is 4.39 Å². The topological polar surface area (TPSA) is 55.6 Å². The number of rotatable bonds is 4. The number of carbonyl (C=O) groups is 1. The third kappa shape index (κ3) is 4.56. The number of nitrogens with zero attached hydrogens (tertiary/aromatic N) is 1. The molecule has 0 saturated carbocycles. The normalized spacial score (nSPS) is 19.5. The van der Waals surface area contributed by atoms with E-state index < -0.39 is 11.9 Å². The summed E-state index contributed by atoms with van der Waals surface area (Å²) in [6.07, 6.45) is 1.24. The molecule has 7 heteroatoms. The first-order chi connectivity index (χ1) is 10.0. The van der Waals surface area contributed by atoms with Gasteiger partial charge in [0, 0.05) is 6.54 Å². The van der Waals surface area contributed by atoms with Crippen molar-refractivity contribution >= 4 is 29.9 Å². The predicted octanol–water partition coefficient (Wildman–Crippen LogP) is 2.93. The summed E-state index contributed by atoms with van der Waals surface area (Å²) in [4.78, 5) is 14.0. The van der Waals surface area contributed by atoms with E-state index in [2.05, 4.69) is 0 Å². The fraction of sp³-hybridized carbons (Fsp3) is 0.533. The van der Waals surface area contributed by atoms with E-state index in [1.54, 1.807) is 17.0 Å². The highest BCUT2D eigenvalue weighted by molar-refractivity contribution is 6.30. The molecule has 1 amide bonds. The van der Waals surface area contributed by atoms with E-state index in [0.717, 1.165) is 12.0 Å². The van der Waals surface area contributed by atoms with Crippen LogP contribution in [0.5, 0.6) is 0 Å². The molecule has 0 spiro atoms. The molecule has 1 saturated heterocycles. The van der Waals surface area contributed by atoms with Gasteiger partial charge in [0.15, 0.2) is 0 Å². The standard InChI is InChI=1S/C15H20ClFN2O2.ClH/c1-2-3-13(18)15(20)19-6-7-21-14(9-19)10-4-5-12(17)11(16)8-10;/h4-5,8,13-14H,2-3,6-7,9,18H2,1H3;1H. The largest absolute Gasteiger partial charge is 0.370 e. The van der Waals surface area contributed by atoms with Crippen LogP contribution >= 0.6 is 24.0 Å². The van der Waals surface area contributed by atoms with Crippen LogP contribution < -0.4 is 5.73 Å². The molecule has 2 atom stereocenters. The molecule has 22 heavy (non-hydrogen) atoms. The van der Waals surface area contributed by atoms with Crippen LogP contribution in [0.25, 0.3) is 0 Å². The highest BCUT2D eigenvalue weighted by Crippen LogP contribution is 2.26. The molecule has 2 rings (SSSR count). The van der Waals surface area contributed by atoms with Gasteiger partial charge in [-0.2, -0.15) is 0 Å². The third-order valence-corrected chi connectivity index (χ3v) is 3.90. The van der Waals surface area contributed by atoms with Crippen LogP contribution in [0.2, 0.25) is 5.02 Å². The van der Waals surface area contributed by atoms with E-state index in [9.17, 15) is 9.18 Å². The van der Waals surface area contributed by atoms with E-state index in [4.69, 9.17) is 22.1 Å². The molecule has 0 radical (unpaired) electrons. The number of benzene rings is 1. The van der Waals surface area contributed by atoms with Gasteiger partial charge in [0.05, 0.1) is 24.2 Å². The number of morpholine rings is 1. The Balaban J connectivity index is 0.00000242. The summed E-state index contributed by atoms with van der Waals surface area (Å²) in [6.45, 7) is 3.37. The van der Waals surface area contributed by atoms with E-state index >= 15 is 0 Å². The minimum absolute atomic E-state index is 0. The van der Waals surface area contributed by atoms with Gasteiger partial charge in [0.2, 0.25) is 5.91 Å². The summed E-state index contributed by atoms with van der Waals surface area (Å²) >= 11 is 5.79. The number of ether oxygens (including phenoxy) is 1. The zero-order valence-corrected chi connectivity index (χ0v) is 14.0. The van der Waals surface area contributed by atoms with E-state index in [0.29, 0.717) is 26.1 Å². The highest BCUT2D eigenvalue weighted by atomic mass is 35.5. The van der Waals surface area contributed by atoms with Gasteiger partial charge in [-0.25, -0.2) is 4.39 Å². The highest BCUT2D eigenvalue weighted by Gasteiger charge is 2.28. The number of hydrogen-bond donors (Lipinski definition) is 1. The maximum atomic E-state index is 13.2. The van der Waals surface area contributed by atoms with Gasteiger partial charge >= 0.3 is 0 Å². The first kappa shape index (κ1) is 19.2. The SMILES string of the molecule is CCCC(N)C(=O)N1CCOC(c2ccc(F)c(Cl)c2)C1.Cl. The quantitative estimate of drug-likeness (QED) is 0.908. The second kappa shape index (κ2) is 8.67. The first-order valence-corrected chi connectivity index (χ1v) is 7.51. The Bertz CT molecular complexity index is 516. The zero-order chi connectivity index (χ0) is 15.4. The Labute approximate surface area is 141 Å². The Hall–Kier alpha value is -0.880. The van der Waals surface area contributed by atoms with Crippen molar-refractivity contribution in [3.63, 3.8) is 0 Å². The second-order valence-corrected chi connectivity index (χ2v) is 5.62. The molecule has 1 aliphatic heterocycles. The van der Waals surface area contributed by atoms with Crippen molar-refractivity contribution in [2.45, 2.75) is 31.9 Å². The minimum Gasteiger partial charge on any atom is -0.370 e. The molecule has 0 aliphatic carbocycles. The molecule has 2 unspecified atom stereocenters. The molecule has 1 aliphatic rings. The van der Waals surface area contributed by atoms with E-state index in [-0.39, 0.29) is 29.4 Å². The summed E-state index contributed by atoms with van der Waals surface area (Å²) < 4.78 is 18.9. The van der Waals surface area contributed by atoms with Crippen LogP contribution in [0, 0.1) is 5.82 Å². The average Bonchev–Trinajstić information content (AvgIpc) is 2.49. The summed E-state index contributed by atoms with van der Waals surface area (Å²) in [5.74, 6) is -0.521. The number of carbonyl (C=O) groups excluding carboxylic acids is 1. The maximum Gasteiger partial charge on any atom is 0.239 e. The number of nitrogens with two attached hydrogens (primary N) is 1. The Kier molecular flexibility index (Phi) is 7.56. The van der Waals surface area contributed by atoms with Gasteiger partial charge in [-0.1, -0.05) is 31.0 Å². The van der Waals surface area contributed by atoms with Crippen molar-refractivity contribution in [1.29, 1.82) is 0 Å². The van der Waals surface area contributed by atoms with E-state index in [1.807, 2.05) is 6.92 Å². The van der Waals surface area contributed by atoms with Crippen LogP contribution in [-0.2, 0) is 9.53 Å². The fourth-order valence-corrected chi connectivity index (χ4v) is 2.62. The zero-order valence-electron chi connectivity index (χ0n) is 12.4. The molecule has 0 aromatic heterocycles. The fourth-order valence-electron chi connectivity index (χ4n) is 2.43. The van der Waals surface area contributed by atoms with Crippen molar-refractivity contribution in [1.82, 2.24) is 4.90 Å². The Morgan fingerprint density at radius 2 is 2.32 bits per heavy atom. The molecule has 1 fully saturated rings. The van der Waals surface area contributed by atoms with Crippen LogP contribution in [0.15, 0.2) is 18.2 Å². The minimum atomic E-state index is -0.467. The van der Waals surface area contributed by atoms with Crippen molar-refractivity contribution in [3.05, 3.63) is 34.6 Å². The van der Waals surface area contributed by atoms with Crippen molar-refractivity contribution in [3.8, 4) is 0 Å². The van der Waals surface area contributed by atoms with E-state index in [1.165, 1.54) is 6.07 Å². The van der Waals surface area contributed by atoms with Gasteiger partial charge in [0.25, 0.3) is 0 Å². The van der Waals surface area contributed by atoms with Gasteiger partial charge in [-0.3, -0.25) is 4.79 Å². The predicted molar refractivity (Wildman–Crippen MR) is 86.8 cm³/mol. The third-order valence-electron chi connectivity index (χ3n) is 3.61. The smallest absolute Gasteiger partial charge is 0.239 e. The molecular weight excluding hydrogens is 330 g/mol. The number of hydrogen-bond acceptors (Lipinski definition) is 3. The molecule has 124 valence electrons. The maximum absolute atomic E-state index is 13.2. The molecule has 0 bridgehead atoms. The molecule has 1 aromatic rings. The lowest BCUT2D eigenvalue weighted by atomic mass is 10.1. The molecule has 2 N–H and O–H groups in total. The Morgan fingerprint density at radius 3 is 2.95 bits per heavy atom. The number of amides is 1. The molecule has 1 aromatic carbocycles. The second-order valence-electron chi connectivity index (χ2n) is 5.21. The van der Waals surface area contributed by atoms with Gasteiger partial charge in [-0.15, -0.1) is 12.4 Å². The summed E-state index contributed by atoms with van der Waals surface area (Å²) in [6, 6.07) is 4.02. The van der Waals surface area contributed by atoms with Gasteiger partial charge in [0.1, 0.15) is 11.9 Å². The monoisotopic (exact) mass is 350 g/mol. The summed E-state index contributed by atoms with van der Waals surface area (Å²) in [5, 5.41) is 0.0576. The van der Waals surface area contributed by atoms with Crippen LogP contribution in [0.3, 0.4) is 0 Å². The first-order valence-electron chi connectivity index (χ1n) is 7.13. The number of halogens is 3. The molecule has 4 nitrogen and oxygen atoms in total. The van der Waals surface area contributed by atoms with Crippen LogP contribution in [0.1, 0.15) is 31.4 Å². The lowest BCUT2D eigenvalue weighted by molar-refractivity contribution is -0.140. The lowest BCUT2D eigenvalue weighted by Gasteiger charge is -2.34. The summed E-state index contributed by atoms with van der Waals surface area (Å²) in [5.41, 5.74) is 6.65.